The molecule has 2 rings (SSSR count). The predicted molar refractivity (Wildman–Crippen MR) is 73.0 cm³/mol. The summed E-state index contributed by atoms with van der Waals surface area (Å²) >= 11 is 6.02. The Hall–Kier alpha value is -1.02. The predicted octanol–water partition coefficient (Wildman–Crippen LogP) is 4.33. The van der Waals surface area contributed by atoms with Crippen LogP contribution in [0.25, 0.3) is 0 Å². The van der Waals surface area contributed by atoms with E-state index in [9.17, 15) is 9.90 Å². The van der Waals surface area contributed by atoms with Gasteiger partial charge in [-0.25, -0.2) is 0 Å². The van der Waals surface area contributed by atoms with E-state index in [0.717, 1.165) is 24.8 Å². The molecule has 0 amide bonds. The van der Waals surface area contributed by atoms with Gasteiger partial charge in [-0.2, -0.15) is 0 Å². The molecule has 2 atom stereocenters. The minimum absolute atomic E-state index is 0.0740. The van der Waals surface area contributed by atoms with Crippen LogP contribution in [0.15, 0.2) is 24.3 Å². The number of hydrogen-bond donors (Lipinski definition) is 1. The summed E-state index contributed by atoms with van der Waals surface area (Å²) in [6, 6.07) is 7.63. The summed E-state index contributed by atoms with van der Waals surface area (Å²) in [4.78, 5) is 11.4. The van der Waals surface area contributed by atoms with Gasteiger partial charge in [0.1, 0.15) is 0 Å². The number of carboxylic acids is 1. The SMILES string of the molecule is CC1(C)CCC(C(=O)O)C(c2cccc(Cl)c2)C1. The topological polar surface area (TPSA) is 37.3 Å². The van der Waals surface area contributed by atoms with Crippen LogP contribution in [-0.4, -0.2) is 11.1 Å². The van der Waals surface area contributed by atoms with Gasteiger partial charge in [0.05, 0.1) is 5.92 Å². The van der Waals surface area contributed by atoms with Crippen LogP contribution < -0.4 is 0 Å². The van der Waals surface area contributed by atoms with Gasteiger partial charge in [0.2, 0.25) is 0 Å². The van der Waals surface area contributed by atoms with Crippen molar-refractivity contribution in [2.45, 2.75) is 39.0 Å². The Bertz CT molecular complexity index is 454. The number of carbonyl (C=O) groups is 1. The second-order valence-corrected chi connectivity index (χ2v) is 6.45. The summed E-state index contributed by atoms with van der Waals surface area (Å²) in [5.41, 5.74) is 1.27. The summed E-state index contributed by atoms with van der Waals surface area (Å²) in [6.07, 6.45) is 2.63. The summed E-state index contributed by atoms with van der Waals surface area (Å²) < 4.78 is 0. The second kappa shape index (κ2) is 4.93. The standard InChI is InChI=1S/C15H19ClO2/c1-15(2)7-6-12(14(17)18)13(9-15)10-4-3-5-11(16)8-10/h3-5,8,12-13H,6-7,9H2,1-2H3,(H,17,18). The zero-order valence-corrected chi connectivity index (χ0v) is 11.6. The molecule has 1 fully saturated rings. The van der Waals surface area contributed by atoms with Crippen molar-refractivity contribution in [3.63, 3.8) is 0 Å². The maximum absolute atomic E-state index is 11.4. The summed E-state index contributed by atoms with van der Waals surface area (Å²) in [6.45, 7) is 4.42. The van der Waals surface area contributed by atoms with Gasteiger partial charge in [0, 0.05) is 5.02 Å². The first-order chi connectivity index (χ1) is 8.39. The van der Waals surface area contributed by atoms with E-state index in [2.05, 4.69) is 13.8 Å². The molecule has 1 N–H and O–H groups in total. The third kappa shape index (κ3) is 2.86. The van der Waals surface area contributed by atoms with Crippen molar-refractivity contribution in [1.82, 2.24) is 0 Å². The summed E-state index contributed by atoms with van der Waals surface area (Å²) in [5.74, 6) is -0.892. The van der Waals surface area contributed by atoms with Crippen molar-refractivity contribution in [2.24, 2.45) is 11.3 Å². The Morgan fingerprint density at radius 1 is 1.44 bits per heavy atom. The highest BCUT2D eigenvalue weighted by Crippen LogP contribution is 2.47. The molecule has 2 unspecified atom stereocenters. The van der Waals surface area contributed by atoms with E-state index in [1.54, 1.807) is 0 Å². The lowest BCUT2D eigenvalue weighted by Crippen LogP contribution is -2.32. The molecule has 0 radical (unpaired) electrons. The number of halogens is 1. The molecule has 3 heteroatoms. The minimum Gasteiger partial charge on any atom is -0.481 e. The van der Waals surface area contributed by atoms with Crippen molar-refractivity contribution >= 4 is 17.6 Å². The molecule has 0 saturated heterocycles. The fourth-order valence-electron chi connectivity index (χ4n) is 2.97. The van der Waals surface area contributed by atoms with Gasteiger partial charge < -0.3 is 5.11 Å². The molecule has 1 aliphatic rings. The quantitative estimate of drug-likeness (QED) is 0.865. The first-order valence-corrected chi connectivity index (χ1v) is 6.75. The van der Waals surface area contributed by atoms with Crippen LogP contribution in [0.1, 0.15) is 44.6 Å². The Morgan fingerprint density at radius 2 is 2.17 bits per heavy atom. The zero-order chi connectivity index (χ0) is 13.3. The molecule has 98 valence electrons. The number of rotatable bonds is 2. The molecule has 0 bridgehead atoms. The summed E-state index contributed by atoms with van der Waals surface area (Å²) in [5, 5.41) is 10.1. The number of hydrogen-bond acceptors (Lipinski definition) is 1. The lowest BCUT2D eigenvalue weighted by Gasteiger charge is -2.39. The average Bonchev–Trinajstić information content (AvgIpc) is 2.27. The van der Waals surface area contributed by atoms with Gasteiger partial charge in [-0.15, -0.1) is 0 Å². The third-order valence-electron chi connectivity index (χ3n) is 3.98. The van der Waals surface area contributed by atoms with E-state index in [-0.39, 0.29) is 17.3 Å². The number of carboxylic acid groups (broad SMARTS) is 1. The van der Waals surface area contributed by atoms with Gasteiger partial charge in [-0.3, -0.25) is 4.79 Å². The van der Waals surface area contributed by atoms with E-state index in [1.165, 1.54) is 0 Å². The first-order valence-electron chi connectivity index (χ1n) is 6.37. The Morgan fingerprint density at radius 3 is 2.78 bits per heavy atom. The van der Waals surface area contributed by atoms with E-state index >= 15 is 0 Å². The molecule has 1 aromatic carbocycles. The molecule has 18 heavy (non-hydrogen) atoms. The van der Waals surface area contributed by atoms with E-state index in [1.807, 2.05) is 24.3 Å². The van der Waals surface area contributed by atoms with Gasteiger partial charge in [0.15, 0.2) is 0 Å². The molecule has 0 aliphatic heterocycles. The van der Waals surface area contributed by atoms with Crippen LogP contribution in [0.3, 0.4) is 0 Å². The van der Waals surface area contributed by atoms with Crippen LogP contribution in [0.5, 0.6) is 0 Å². The fourth-order valence-corrected chi connectivity index (χ4v) is 3.17. The van der Waals surface area contributed by atoms with Crippen LogP contribution in [0.2, 0.25) is 5.02 Å². The maximum Gasteiger partial charge on any atom is 0.307 e. The van der Waals surface area contributed by atoms with Crippen molar-refractivity contribution < 1.29 is 9.90 Å². The van der Waals surface area contributed by atoms with Crippen LogP contribution in [0, 0.1) is 11.3 Å². The Kier molecular flexibility index (Phi) is 3.67. The monoisotopic (exact) mass is 266 g/mol. The van der Waals surface area contributed by atoms with Crippen LogP contribution in [-0.2, 0) is 4.79 Å². The zero-order valence-electron chi connectivity index (χ0n) is 10.8. The molecule has 1 aliphatic carbocycles. The summed E-state index contributed by atoms with van der Waals surface area (Å²) in [7, 11) is 0. The highest BCUT2D eigenvalue weighted by atomic mass is 35.5. The van der Waals surface area contributed by atoms with Crippen LogP contribution >= 0.6 is 11.6 Å². The van der Waals surface area contributed by atoms with Crippen molar-refractivity contribution in [3.8, 4) is 0 Å². The average molecular weight is 267 g/mol. The second-order valence-electron chi connectivity index (χ2n) is 6.01. The molecule has 0 heterocycles. The highest BCUT2D eigenvalue weighted by molar-refractivity contribution is 6.30. The molecule has 0 aromatic heterocycles. The lowest BCUT2D eigenvalue weighted by molar-refractivity contribution is -0.144. The van der Waals surface area contributed by atoms with Crippen molar-refractivity contribution in [2.75, 3.05) is 0 Å². The van der Waals surface area contributed by atoms with E-state index < -0.39 is 5.97 Å². The normalized spacial score (nSPS) is 26.8. The van der Waals surface area contributed by atoms with Crippen molar-refractivity contribution in [1.29, 1.82) is 0 Å². The molecular formula is C15H19ClO2. The maximum atomic E-state index is 11.4. The molecule has 1 saturated carbocycles. The smallest absolute Gasteiger partial charge is 0.307 e. The van der Waals surface area contributed by atoms with Crippen LogP contribution in [0.4, 0.5) is 0 Å². The Balaban J connectivity index is 2.33. The third-order valence-corrected chi connectivity index (χ3v) is 4.22. The van der Waals surface area contributed by atoms with Gasteiger partial charge in [-0.05, 0) is 48.3 Å². The number of aliphatic carboxylic acids is 1. The van der Waals surface area contributed by atoms with Crippen molar-refractivity contribution in [3.05, 3.63) is 34.9 Å². The molecule has 0 spiro atoms. The van der Waals surface area contributed by atoms with E-state index in [0.29, 0.717) is 5.02 Å². The largest absolute Gasteiger partial charge is 0.481 e. The lowest BCUT2D eigenvalue weighted by atomic mass is 9.65. The molecule has 2 nitrogen and oxygen atoms in total. The molecular weight excluding hydrogens is 248 g/mol. The first kappa shape index (κ1) is 13.4. The van der Waals surface area contributed by atoms with Gasteiger partial charge in [-0.1, -0.05) is 37.6 Å². The van der Waals surface area contributed by atoms with E-state index in [4.69, 9.17) is 11.6 Å². The van der Waals surface area contributed by atoms with Gasteiger partial charge >= 0.3 is 5.97 Å². The van der Waals surface area contributed by atoms with Gasteiger partial charge in [0.25, 0.3) is 0 Å². The Labute approximate surface area is 113 Å². The molecule has 1 aromatic rings. The highest BCUT2D eigenvalue weighted by Gasteiger charge is 2.39. The number of benzene rings is 1. The fraction of sp³-hybridized carbons (Fsp3) is 0.533. The minimum atomic E-state index is -0.685.